The van der Waals surface area contributed by atoms with Gasteiger partial charge in [-0.3, -0.25) is 0 Å². The molecule has 0 aromatic carbocycles. The Morgan fingerprint density at radius 2 is 2.17 bits per heavy atom. The number of fused-ring (bicyclic) bond motifs is 1. The lowest BCUT2D eigenvalue weighted by Gasteiger charge is -2.28. The van der Waals surface area contributed by atoms with Gasteiger partial charge in [0.25, 0.3) is 0 Å². The van der Waals surface area contributed by atoms with Crippen LogP contribution in [0.5, 0.6) is 0 Å². The monoisotopic (exact) mass is 167 g/mol. The van der Waals surface area contributed by atoms with E-state index in [-0.39, 0.29) is 0 Å². The molecule has 1 atom stereocenters. The summed E-state index contributed by atoms with van der Waals surface area (Å²) in [5.74, 6) is 1.77. The Labute approximate surface area is 72.0 Å². The third kappa shape index (κ3) is 1.15. The molecule has 1 N–H and O–H groups in total. The van der Waals surface area contributed by atoms with E-state index in [1.54, 1.807) is 0 Å². The molecule has 3 nitrogen and oxygen atoms in total. The molecule has 0 amide bonds. The summed E-state index contributed by atoms with van der Waals surface area (Å²) < 4.78 is 10.9. The van der Waals surface area contributed by atoms with Gasteiger partial charge in [0.2, 0.25) is 0 Å². The fraction of sp³-hybridized carbons (Fsp3) is 0.556. The molecular formula is C9H13NO2. The van der Waals surface area contributed by atoms with Crippen LogP contribution in [0.4, 0.5) is 0 Å². The first kappa shape index (κ1) is 7.53. The molecule has 0 aromatic heterocycles. The van der Waals surface area contributed by atoms with Gasteiger partial charge in [-0.2, -0.15) is 0 Å². The van der Waals surface area contributed by atoms with Crippen LogP contribution in [0.1, 0.15) is 13.8 Å². The highest BCUT2D eigenvalue weighted by atomic mass is 16.6. The van der Waals surface area contributed by atoms with Gasteiger partial charge in [-0.1, -0.05) is 0 Å². The first-order valence-corrected chi connectivity index (χ1v) is 4.22. The Balaban J connectivity index is 2.30. The summed E-state index contributed by atoms with van der Waals surface area (Å²) in [7, 11) is 0. The molecule has 1 fully saturated rings. The molecule has 2 aliphatic rings. The summed E-state index contributed by atoms with van der Waals surface area (Å²) in [4.78, 5) is 0. The van der Waals surface area contributed by atoms with Crippen LogP contribution < -0.4 is 5.32 Å². The molecular weight excluding hydrogens is 154 g/mol. The van der Waals surface area contributed by atoms with Gasteiger partial charge in [0.1, 0.15) is 13.2 Å². The normalized spacial score (nSPS) is 27.8. The predicted octanol–water partition coefficient (Wildman–Crippen LogP) is 1.14. The van der Waals surface area contributed by atoms with Crippen LogP contribution >= 0.6 is 0 Å². The summed E-state index contributed by atoms with van der Waals surface area (Å²) in [6.07, 6.45) is 2.04. The maximum atomic E-state index is 5.47. The predicted molar refractivity (Wildman–Crippen MR) is 45.3 cm³/mol. The van der Waals surface area contributed by atoms with Crippen molar-refractivity contribution in [1.29, 1.82) is 0 Å². The van der Waals surface area contributed by atoms with Gasteiger partial charge in [0, 0.05) is 6.04 Å². The minimum atomic E-state index is 0.338. The first-order valence-electron chi connectivity index (χ1n) is 4.22. The van der Waals surface area contributed by atoms with Crippen molar-refractivity contribution in [3.63, 3.8) is 0 Å². The lowest BCUT2D eigenvalue weighted by molar-refractivity contribution is 0.0535. The molecule has 3 heteroatoms. The molecule has 1 saturated heterocycles. The molecule has 66 valence electrons. The zero-order chi connectivity index (χ0) is 8.55. The Morgan fingerprint density at radius 3 is 3.00 bits per heavy atom. The summed E-state index contributed by atoms with van der Waals surface area (Å²) in [6.45, 7) is 5.41. The first-order chi connectivity index (χ1) is 5.77. The van der Waals surface area contributed by atoms with Gasteiger partial charge in [-0.05, 0) is 19.9 Å². The van der Waals surface area contributed by atoms with Crippen LogP contribution in [0.2, 0.25) is 0 Å². The molecule has 2 rings (SSSR count). The van der Waals surface area contributed by atoms with E-state index >= 15 is 0 Å². The van der Waals surface area contributed by atoms with Crippen LogP contribution in [0.25, 0.3) is 0 Å². The van der Waals surface area contributed by atoms with Gasteiger partial charge >= 0.3 is 0 Å². The third-order valence-electron chi connectivity index (χ3n) is 2.00. The van der Waals surface area contributed by atoms with Crippen LogP contribution in [-0.2, 0) is 9.47 Å². The standard InChI is InChI=1S/C9H13NO2/c1-6-5-8-9(7(2)10-6)12-4-3-11-8/h5-6,10H,3-4H2,1-2H3. The summed E-state index contributed by atoms with van der Waals surface area (Å²) >= 11 is 0. The second kappa shape index (κ2) is 2.73. The minimum Gasteiger partial charge on any atom is -0.486 e. The van der Waals surface area contributed by atoms with Crippen molar-refractivity contribution in [1.82, 2.24) is 5.32 Å². The topological polar surface area (TPSA) is 30.5 Å². The average molecular weight is 167 g/mol. The van der Waals surface area contributed by atoms with Crippen LogP contribution in [0.15, 0.2) is 23.3 Å². The highest BCUT2D eigenvalue weighted by molar-refractivity contribution is 5.31. The number of dihydropyridines is 1. The maximum absolute atomic E-state index is 5.47. The highest BCUT2D eigenvalue weighted by Gasteiger charge is 2.22. The fourth-order valence-electron chi connectivity index (χ4n) is 1.52. The van der Waals surface area contributed by atoms with Crippen molar-refractivity contribution in [2.45, 2.75) is 19.9 Å². The van der Waals surface area contributed by atoms with Gasteiger partial charge in [0.15, 0.2) is 11.5 Å². The summed E-state index contributed by atoms with van der Waals surface area (Å²) in [5.41, 5.74) is 1.07. The van der Waals surface area contributed by atoms with Crippen molar-refractivity contribution in [3.8, 4) is 0 Å². The Kier molecular flexibility index (Phi) is 1.71. The molecule has 0 aliphatic carbocycles. The van der Waals surface area contributed by atoms with Gasteiger partial charge < -0.3 is 14.8 Å². The molecule has 0 aromatic rings. The lowest BCUT2D eigenvalue weighted by Crippen LogP contribution is -2.31. The molecule has 0 radical (unpaired) electrons. The largest absolute Gasteiger partial charge is 0.486 e. The number of rotatable bonds is 0. The third-order valence-corrected chi connectivity index (χ3v) is 2.00. The average Bonchev–Trinajstić information content (AvgIpc) is 2.04. The van der Waals surface area contributed by atoms with E-state index in [1.165, 1.54) is 0 Å². The summed E-state index contributed by atoms with van der Waals surface area (Å²) in [5, 5.41) is 3.28. The van der Waals surface area contributed by atoms with Crippen molar-refractivity contribution in [2.24, 2.45) is 0 Å². The number of hydrogen-bond donors (Lipinski definition) is 1. The van der Waals surface area contributed by atoms with E-state index in [0.717, 1.165) is 17.2 Å². The summed E-state index contributed by atoms with van der Waals surface area (Å²) in [6, 6.07) is 0.338. The molecule has 2 heterocycles. The van der Waals surface area contributed by atoms with E-state index < -0.39 is 0 Å². The number of hydrogen-bond acceptors (Lipinski definition) is 3. The molecule has 2 aliphatic heterocycles. The van der Waals surface area contributed by atoms with Gasteiger partial charge in [-0.15, -0.1) is 0 Å². The van der Waals surface area contributed by atoms with Gasteiger partial charge in [-0.25, -0.2) is 0 Å². The van der Waals surface area contributed by atoms with E-state index in [2.05, 4.69) is 12.2 Å². The second-order valence-electron chi connectivity index (χ2n) is 3.11. The van der Waals surface area contributed by atoms with Crippen LogP contribution in [0.3, 0.4) is 0 Å². The smallest absolute Gasteiger partial charge is 0.179 e. The highest BCUT2D eigenvalue weighted by Crippen LogP contribution is 2.24. The molecule has 0 bridgehead atoms. The van der Waals surface area contributed by atoms with Crippen molar-refractivity contribution >= 4 is 0 Å². The Morgan fingerprint density at radius 1 is 1.42 bits per heavy atom. The number of ether oxygens (including phenoxy) is 2. The SMILES string of the molecule is CC1=C2OCCOC2=CC(C)N1. The number of nitrogens with one attached hydrogen (secondary N) is 1. The van der Waals surface area contributed by atoms with E-state index in [4.69, 9.17) is 9.47 Å². The maximum Gasteiger partial charge on any atom is 0.179 e. The molecule has 0 saturated carbocycles. The van der Waals surface area contributed by atoms with Crippen molar-refractivity contribution in [3.05, 3.63) is 23.3 Å². The quantitative estimate of drug-likeness (QED) is 0.587. The Bertz CT molecular complexity index is 255. The van der Waals surface area contributed by atoms with Crippen molar-refractivity contribution in [2.75, 3.05) is 13.2 Å². The fourth-order valence-corrected chi connectivity index (χ4v) is 1.52. The molecule has 0 spiro atoms. The van der Waals surface area contributed by atoms with E-state index in [9.17, 15) is 0 Å². The van der Waals surface area contributed by atoms with E-state index in [1.807, 2.05) is 13.0 Å². The Hall–Kier alpha value is -1.12. The van der Waals surface area contributed by atoms with Gasteiger partial charge in [0.05, 0.1) is 5.70 Å². The number of allylic oxidation sites excluding steroid dienone is 1. The minimum absolute atomic E-state index is 0.338. The lowest BCUT2D eigenvalue weighted by atomic mass is 10.1. The van der Waals surface area contributed by atoms with Crippen LogP contribution in [-0.4, -0.2) is 19.3 Å². The van der Waals surface area contributed by atoms with E-state index in [0.29, 0.717) is 19.3 Å². The zero-order valence-corrected chi connectivity index (χ0v) is 7.39. The molecule has 12 heavy (non-hydrogen) atoms. The molecule has 1 unspecified atom stereocenters. The second-order valence-corrected chi connectivity index (χ2v) is 3.11. The van der Waals surface area contributed by atoms with Crippen molar-refractivity contribution < 1.29 is 9.47 Å². The zero-order valence-electron chi connectivity index (χ0n) is 7.39. The van der Waals surface area contributed by atoms with Crippen LogP contribution in [0, 0.1) is 0 Å².